The van der Waals surface area contributed by atoms with Crippen molar-refractivity contribution >= 4 is 5.84 Å². The fourth-order valence-corrected chi connectivity index (χ4v) is 1.73. The Morgan fingerprint density at radius 1 is 1.40 bits per heavy atom. The van der Waals surface area contributed by atoms with Gasteiger partial charge in [-0.1, -0.05) is 42.5 Å². The van der Waals surface area contributed by atoms with Crippen LogP contribution in [0.1, 0.15) is 12.5 Å². The highest BCUT2D eigenvalue weighted by atomic mass is 16.5. The van der Waals surface area contributed by atoms with Gasteiger partial charge in [-0.3, -0.25) is 0 Å². The number of hydrazone groups is 1. The molecule has 0 aromatic heterocycles. The van der Waals surface area contributed by atoms with Gasteiger partial charge in [0.25, 0.3) is 0 Å². The average Bonchev–Trinajstić information content (AvgIpc) is 2.47. The van der Waals surface area contributed by atoms with E-state index >= 15 is 0 Å². The van der Waals surface area contributed by atoms with Crippen molar-refractivity contribution in [3.8, 4) is 5.75 Å². The molecule has 0 bridgehead atoms. The molecule has 0 unspecified atom stereocenters. The van der Waals surface area contributed by atoms with Crippen molar-refractivity contribution in [1.29, 1.82) is 0 Å². The van der Waals surface area contributed by atoms with Crippen LogP contribution in [-0.2, 0) is 6.42 Å². The zero-order valence-electron chi connectivity index (χ0n) is 12.0. The number of methoxy groups -OCH3 is 1. The Balaban J connectivity index is 2.84. The van der Waals surface area contributed by atoms with Crippen LogP contribution >= 0.6 is 0 Å². The molecule has 0 fully saturated rings. The summed E-state index contributed by atoms with van der Waals surface area (Å²) < 4.78 is 5.21. The van der Waals surface area contributed by atoms with E-state index in [-0.39, 0.29) is 5.84 Å². The highest BCUT2D eigenvalue weighted by Gasteiger charge is 1.98. The molecule has 0 spiro atoms. The summed E-state index contributed by atoms with van der Waals surface area (Å²) in [6, 6.07) is 7.99. The lowest BCUT2D eigenvalue weighted by atomic mass is 10.1. The van der Waals surface area contributed by atoms with Crippen LogP contribution < -0.4 is 16.3 Å². The maximum atomic E-state index is 5.64. The minimum atomic E-state index is 0.269. The summed E-state index contributed by atoms with van der Waals surface area (Å²) in [6.07, 6.45) is 6.29. The summed E-state index contributed by atoms with van der Waals surface area (Å²) in [5, 5.41) is 3.45. The number of nitrogens with zero attached hydrogens (tertiary/aromatic N) is 1. The molecule has 0 heterocycles. The number of benzene rings is 1. The van der Waals surface area contributed by atoms with E-state index in [1.807, 2.05) is 37.3 Å². The molecular weight excluding hydrogens is 250 g/mol. The van der Waals surface area contributed by atoms with E-state index in [1.165, 1.54) is 11.1 Å². The molecule has 0 saturated carbocycles. The number of hydrogen-bond acceptors (Lipinski definition) is 3. The molecule has 0 aliphatic rings. The van der Waals surface area contributed by atoms with E-state index in [0.29, 0.717) is 5.57 Å². The first-order chi connectivity index (χ1) is 9.60. The van der Waals surface area contributed by atoms with Gasteiger partial charge in [0, 0.05) is 5.57 Å². The van der Waals surface area contributed by atoms with Crippen LogP contribution in [0, 0.1) is 0 Å². The van der Waals surface area contributed by atoms with E-state index in [9.17, 15) is 0 Å². The Hall–Kier alpha value is -2.49. The molecular formula is C16H21N3O. The molecule has 4 heteroatoms. The SMILES string of the molecule is C=CC(=C\C=C(/C)Cc1cccc(OC)c1)/C(N)=N/N. The van der Waals surface area contributed by atoms with E-state index in [1.54, 1.807) is 13.2 Å². The number of nitrogens with two attached hydrogens (primary N) is 2. The topological polar surface area (TPSA) is 73.6 Å². The lowest BCUT2D eigenvalue weighted by Crippen LogP contribution is -2.15. The fourth-order valence-electron chi connectivity index (χ4n) is 1.73. The van der Waals surface area contributed by atoms with Crippen molar-refractivity contribution in [3.05, 3.63) is 65.8 Å². The molecule has 0 saturated heterocycles. The van der Waals surface area contributed by atoms with E-state index in [2.05, 4.69) is 17.7 Å². The number of allylic oxidation sites excluding steroid dienone is 3. The lowest BCUT2D eigenvalue weighted by molar-refractivity contribution is 0.414. The molecule has 4 nitrogen and oxygen atoms in total. The van der Waals surface area contributed by atoms with Crippen molar-refractivity contribution in [2.24, 2.45) is 16.7 Å². The second-order valence-corrected chi connectivity index (χ2v) is 4.38. The number of rotatable bonds is 6. The second kappa shape index (κ2) is 7.84. The second-order valence-electron chi connectivity index (χ2n) is 4.38. The van der Waals surface area contributed by atoms with Crippen molar-refractivity contribution in [2.75, 3.05) is 7.11 Å². The molecule has 1 aromatic rings. The summed E-state index contributed by atoms with van der Waals surface area (Å²) in [4.78, 5) is 0. The molecule has 1 rings (SSSR count). The Morgan fingerprint density at radius 3 is 2.75 bits per heavy atom. The molecule has 0 amide bonds. The normalized spacial score (nSPS) is 13.2. The summed E-state index contributed by atoms with van der Waals surface area (Å²) >= 11 is 0. The standard InChI is InChI=1S/C16H21N3O/c1-4-14(16(17)19-18)9-8-12(2)10-13-6-5-7-15(11-13)20-3/h4-9,11H,1,10,18H2,2-3H3,(H2,17,19)/b12-8+,14-9+. The highest BCUT2D eigenvalue weighted by molar-refractivity contribution is 5.99. The van der Waals surface area contributed by atoms with Gasteiger partial charge in [-0.15, -0.1) is 0 Å². The minimum Gasteiger partial charge on any atom is -0.497 e. The van der Waals surface area contributed by atoms with Gasteiger partial charge in [-0.2, -0.15) is 5.10 Å². The molecule has 0 atom stereocenters. The van der Waals surface area contributed by atoms with Crippen molar-refractivity contribution in [3.63, 3.8) is 0 Å². The third kappa shape index (κ3) is 4.65. The summed E-state index contributed by atoms with van der Waals surface area (Å²) in [5.41, 5.74) is 8.72. The number of ether oxygens (including phenoxy) is 1. The summed E-state index contributed by atoms with van der Waals surface area (Å²) in [7, 11) is 1.66. The number of hydrogen-bond donors (Lipinski definition) is 2. The van der Waals surface area contributed by atoms with E-state index in [4.69, 9.17) is 16.3 Å². The lowest BCUT2D eigenvalue weighted by Gasteiger charge is -2.04. The molecule has 0 aliphatic heterocycles. The molecule has 1 aromatic carbocycles. The average molecular weight is 271 g/mol. The predicted octanol–water partition coefficient (Wildman–Crippen LogP) is 2.53. The Morgan fingerprint density at radius 2 is 2.15 bits per heavy atom. The van der Waals surface area contributed by atoms with Gasteiger partial charge in [0.1, 0.15) is 11.6 Å². The van der Waals surface area contributed by atoms with Crippen molar-refractivity contribution in [2.45, 2.75) is 13.3 Å². The molecule has 20 heavy (non-hydrogen) atoms. The minimum absolute atomic E-state index is 0.269. The Labute approximate surface area is 120 Å². The summed E-state index contributed by atoms with van der Waals surface area (Å²) in [6.45, 7) is 5.73. The van der Waals surface area contributed by atoms with Crippen molar-refractivity contribution in [1.82, 2.24) is 0 Å². The van der Waals surface area contributed by atoms with Gasteiger partial charge in [-0.05, 0) is 31.0 Å². The van der Waals surface area contributed by atoms with Crippen LogP contribution in [0.15, 0.2) is 65.3 Å². The largest absolute Gasteiger partial charge is 0.497 e. The first kappa shape index (κ1) is 15.6. The zero-order chi connectivity index (χ0) is 15.0. The summed E-state index contributed by atoms with van der Waals surface area (Å²) in [5.74, 6) is 6.28. The van der Waals surface area contributed by atoms with Gasteiger partial charge in [0.2, 0.25) is 0 Å². The van der Waals surface area contributed by atoms with Crippen LogP contribution in [-0.4, -0.2) is 12.9 Å². The third-order valence-electron chi connectivity index (χ3n) is 2.82. The Bertz CT molecular complexity index is 557. The Kier molecular flexibility index (Phi) is 6.10. The number of amidine groups is 1. The van der Waals surface area contributed by atoms with Gasteiger partial charge in [0.15, 0.2) is 0 Å². The fraction of sp³-hybridized carbons (Fsp3) is 0.188. The van der Waals surface area contributed by atoms with Gasteiger partial charge in [-0.25, -0.2) is 0 Å². The van der Waals surface area contributed by atoms with Crippen LogP contribution in [0.5, 0.6) is 5.75 Å². The van der Waals surface area contributed by atoms with E-state index < -0.39 is 0 Å². The first-order valence-electron chi connectivity index (χ1n) is 6.27. The quantitative estimate of drug-likeness (QED) is 0.274. The monoisotopic (exact) mass is 271 g/mol. The van der Waals surface area contributed by atoms with Crippen LogP contribution in [0.25, 0.3) is 0 Å². The molecule has 4 N–H and O–H groups in total. The predicted molar refractivity (Wildman–Crippen MR) is 84.5 cm³/mol. The van der Waals surface area contributed by atoms with Crippen LogP contribution in [0.3, 0.4) is 0 Å². The van der Waals surface area contributed by atoms with Crippen LogP contribution in [0.4, 0.5) is 0 Å². The van der Waals surface area contributed by atoms with Crippen LogP contribution in [0.2, 0.25) is 0 Å². The maximum absolute atomic E-state index is 5.64. The third-order valence-corrected chi connectivity index (χ3v) is 2.82. The first-order valence-corrected chi connectivity index (χ1v) is 6.27. The van der Waals surface area contributed by atoms with E-state index in [0.717, 1.165) is 12.2 Å². The smallest absolute Gasteiger partial charge is 0.150 e. The molecule has 0 aliphatic carbocycles. The van der Waals surface area contributed by atoms with Crippen molar-refractivity contribution < 1.29 is 4.74 Å². The zero-order valence-corrected chi connectivity index (χ0v) is 12.0. The van der Waals surface area contributed by atoms with Gasteiger partial charge < -0.3 is 16.3 Å². The van der Waals surface area contributed by atoms with Gasteiger partial charge >= 0.3 is 0 Å². The highest BCUT2D eigenvalue weighted by Crippen LogP contribution is 2.15. The van der Waals surface area contributed by atoms with Gasteiger partial charge in [0.05, 0.1) is 7.11 Å². The maximum Gasteiger partial charge on any atom is 0.150 e. The molecule has 0 radical (unpaired) electrons. The molecule has 106 valence electrons.